The average molecular weight is 274 g/mol. The predicted octanol–water partition coefficient (Wildman–Crippen LogP) is 4.03. The molecule has 0 saturated carbocycles. The second kappa shape index (κ2) is 4.52. The summed E-state index contributed by atoms with van der Waals surface area (Å²) in [5.74, 6) is 0. The van der Waals surface area contributed by atoms with Crippen molar-refractivity contribution < 1.29 is 0 Å². The summed E-state index contributed by atoms with van der Waals surface area (Å²) >= 11 is 7.37. The van der Waals surface area contributed by atoms with E-state index in [0.717, 1.165) is 21.3 Å². The molecule has 0 unspecified atom stereocenters. The van der Waals surface area contributed by atoms with Gasteiger partial charge >= 0.3 is 0 Å². The zero-order chi connectivity index (χ0) is 12.5. The second-order valence-corrected chi connectivity index (χ2v) is 5.16. The largest absolute Gasteiger partial charge is 0.289 e. The zero-order valence-electron chi connectivity index (χ0n) is 9.26. The third-order valence-electron chi connectivity index (χ3n) is 2.65. The van der Waals surface area contributed by atoms with E-state index in [1.165, 1.54) is 4.70 Å². The van der Waals surface area contributed by atoms with E-state index in [4.69, 9.17) is 11.6 Å². The van der Waals surface area contributed by atoms with Crippen LogP contribution >= 0.6 is 22.9 Å². The van der Waals surface area contributed by atoms with Crippen molar-refractivity contribution >= 4 is 43.9 Å². The molecule has 1 aromatic heterocycles. The van der Waals surface area contributed by atoms with Crippen LogP contribution in [0.25, 0.3) is 21.0 Å². The fourth-order valence-corrected chi connectivity index (χ4v) is 2.49. The van der Waals surface area contributed by atoms with Crippen molar-refractivity contribution in [3.63, 3.8) is 0 Å². The third kappa shape index (κ3) is 2.15. The Kier molecular flexibility index (Phi) is 2.86. The summed E-state index contributed by atoms with van der Waals surface area (Å²) < 4.78 is 1.18. The normalized spacial score (nSPS) is 10.7. The number of halogens is 1. The van der Waals surface area contributed by atoms with Gasteiger partial charge in [0.1, 0.15) is 0 Å². The number of hydrogen-bond donors (Lipinski definition) is 0. The fourth-order valence-electron chi connectivity index (χ4n) is 1.66. The molecule has 0 N–H and O–H groups in total. The maximum atomic E-state index is 10.5. The Morgan fingerprint density at radius 3 is 2.44 bits per heavy atom. The highest BCUT2D eigenvalue weighted by atomic mass is 35.5. The number of hydrogen-bond acceptors (Lipinski definition) is 3. The number of aromatic nitrogens is 1. The first kappa shape index (κ1) is 11.4. The maximum absolute atomic E-state index is 10.5. The Morgan fingerprint density at radius 1 is 1.06 bits per heavy atom. The summed E-state index contributed by atoms with van der Waals surface area (Å²) in [5, 5.41) is 2.54. The molecule has 88 valence electrons. The Hall–Kier alpha value is -1.71. The maximum Gasteiger partial charge on any atom is 0.194 e. The molecule has 0 fully saturated rings. The smallest absolute Gasteiger partial charge is 0.194 e. The molecule has 4 heteroatoms. The lowest BCUT2D eigenvalue weighted by molar-refractivity contribution is 1.50. The van der Waals surface area contributed by atoms with Crippen LogP contribution in [0, 0.1) is 0 Å². The quantitative estimate of drug-likeness (QED) is 0.484. The minimum atomic E-state index is 0.218. The highest BCUT2D eigenvalue weighted by Crippen LogP contribution is 2.20. The first-order chi connectivity index (χ1) is 8.75. The van der Waals surface area contributed by atoms with E-state index in [-0.39, 0.29) is 5.43 Å². The summed E-state index contributed by atoms with van der Waals surface area (Å²) in [6, 6.07) is 13.2. The van der Waals surface area contributed by atoms with E-state index >= 15 is 0 Å². The Morgan fingerprint density at radius 2 is 1.78 bits per heavy atom. The molecule has 3 aromatic carbocycles. The molecule has 0 radical (unpaired) electrons. The Bertz CT molecular complexity index is 796. The van der Waals surface area contributed by atoms with E-state index < -0.39 is 0 Å². The molecule has 0 saturated heterocycles. The average Bonchev–Trinajstić information content (AvgIpc) is 2.85. The van der Waals surface area contributed by atoms with Gasteiger partial charge in [-0.25, -0.2) is 4.98 Å². The molecule has 0 aliphatic carbocycles. The molecule has 0 aliphatic rings. The van der Waals surface area contributed by atoms with Gasteiger partial charge in [-0.1, -0.05) is 35.9 Å². The van der Waals surface area contributed by atoms with Crippen LogP contribution in [0.3, 0.4) is 0 Å². The minimum absolute atomic E-state index is 0.218. The van der Waals surface area contributed by atoms with Crippen LogP contribution in [0.15, 0.2) is 52.8 Å². The lowest BCUT2D eigenvalue weighted by atomic mass is 10.3. The topological polar surface area (TPSA) is 30.0 Å². The zero-order valence-corrected chi connectivity index (χ0v) is 10.8. The molecule has 0 aliphatic heterocycles. The van der Waals surface area contributed by atoms with Crippen LogP contribution in [0.1, 0.15) is 0 Å². The van der Waals surface area contributed by atoms with E-state index in [1.807, 2.05) is 48.0 Å². The minimum Gasteiger partial charge on any atom is -0.289 e. The molecule has 0 amide bonds. The van der Waals surface area contributed by atoms with E-state index in [2.05, 4.69) is 4.98 Å². The standard InChI is InChI=1S/C7H4ClNS.C7H4O/c8-5-1-2-7-6(3-5)9-4-10-7;8-7-5-3-1-2-4-6(5)7/h1-4H;1-4H. The van der Waals surface area contributed by atoms with Gasteiger partial charge in [-0.05, 0) is 18.2 Å². The van der Waals surface area contributed by atoms with Crippen molar-refractivity contribution in [3.8, 4) is 0 Å². The van der Waals surface area contributed by atoms with Crippen molar-refractivity contribution in [3.05, 3.63) is 63.2 Å². The highest BCUT2D eigenvalue weighted by Gasteiger charge is 2.07. The second-order valence-electron chi connectivity index (χ2n) is 3.84. The number of nitrogens with zero attached hydrogens (tertiary/aromatic N) is 1. The van der Waals surface area contributed by atoms with Crippen molar-refractivity contribution in [2.45, 2.75) is 0 Å². The van der Waals surface area contributed by atoms with Crippen molar-refractivity contribution in [1.82, 2.24) is 4.98 Å². The van der Waals surface area contributed by atoms with Crippen molar-refractivity contribution in [1.29, 1.82) is 0 Å². The lowest BCUT2D eigenvalue weighted by Crippen LogP contribution is -1.66. The third-order valence-corrected chi connectivity index (χ3v) is 3.69. The number of rotatable bonds is 0. The molecule has 2 nitrogen and oxygen atoms in total. The number of fused-ring (bicyclic) bond motifs is 2. The molecular formula is C14H8ClNOS. The van der Waals surface area contributed by atoms with Crippen LogP contribution in [0.4, 0.5) is 0 Å². The van der Waals surface area contributed by atoms with E-state index in [1.54, 1.807) is 11.3 Å². The predicted molar refractivity (Wildman–Crippen MR) is 77.2 cm³/mol. The molecular weight excluding hydrogens is 266 g/mol. The summed E-state index contributed by atoms with van der Waals surface area (Å²) in [6.07, 6.45) is 0. The summed E-state index contributed by atoms with van der Waals surface area (Å²) in [4.78, 5) is 14.7. The summed E-state index contributed by atoms with van der Waals surface area (Å²) in [7, 11) is 0. The van der Waals surface area contributed by atoms with E-state index in [0.29, 0.717) is 0 Å². The van der Waals surface area contributed by atoms with Crippen molar-refractivity contribution in [2.75, 3.05) is 0 Å². The van der Waals surface area contributed by atoms with Crippen LogP contribution in [0.5, 0.6) is 0 Å². The first-order valence-corrected chi connectivity index (χ1v) is 6.64. The molecule has 0 atom stereocenters. The van der Waals surface area contributed by atoms with Gasteiger partial charge in [0, 0.05) is 15.8 Å². The molecule has 1 heterocycles. The number of benzene rings is 2. The Labute approximate surface area is 112 Å². The van der Waals surface area contributed by atoms with Gasteiger partial charge in [-0.2, -0.15) is 0 Å². The lowest BCUT2D eigenvalue weighted by Gasteiger charge is -1.86. The fraction of sp³-hybridized carbons (Fsp3) is 0. The molecule has 4 rings (SSSR count). The van der Waals surface area contributed by atoms with Crippen molar-refractivity contribution in [2.24, 2.45) is 0 Å². The SMILES string of the molecule is Clc1ccc2scnc2c1.O=c1c2ccccc12. The summed E-state index contributed by atoms with van der Waals surface area (Å²) in [6.45, 7) is 0. The van der Waals surface area contributed by atoms with Gasteiger partial charge < -0.3 is 0 Å². The highest BCUT2D eigenvalue weighted by molar-refractivity contribution is 7.16. The van der Waals surface area contributed by atoms with Gasteiger partial charge in [-0.3, -0.25) is 4.79 Å². The molecule has 4 aromatic rings. The number of thiazole rings is 1. The van der Waals surface area contributed by atoms with Gasteiger partial charge in [-0.15, -0.1) is 11.3 Å². The van der Waals surface area contributed by atoms with Crippen LogP contribution < -0.4 is 5.43 Å². The monoisotopic (exact) mass is 273 g/mol. The first-order valence-electron chi connectivity index (χ1n) is 5.38. The molecule has 0 spiro atoms. The van der Waals surface area contributed by atoms with Crippen LogP contribution in [-0.4, -0.2) is 4.98 Å². The van der Waals surface area contributed by atoms with Gasteiger partial charge in [0.2, 0.25) is 0 Å². The Balaban J connectivity index is 0.000000114. The van der Waals surface area contributed by atoms with Gasteiger partial charge in [0.05, 0.1) is 15.7 Å². The van der Waals surface area contributed by atoms with Crippen LogP contribution in [-0.2, 0) is 0 Å². The van der Waals surface area contributed by atoms with Crippen LogP contribution in [0.2, 0.25) is 5.02 Å². The van der Waals surface area contributed by atoms with Gasteiger partial charge in [0.15, 0.2) is 5.43 Å². The summed E-state index contributed by atoms with van der Waals surface area (Å²) in [5.41, 5.74) is 3.02. The molecule has 0 bridgehead atoms. The van der Waals surface area contributed by atoms with E-state index in [9.17, 15) is 4.79 Å². The molecule has 18 heavy (non-hydrogen) atoms. The van der Waals surface area contributed by atoms with Gasteiger partial charge in [0.25, 0.3) is 0 Å².